The maximum absolute atomic E-state index is 12.9. The maximum Gasteiger partial charge on any atom is 0.490 e. The SMILES string of the molecule is CCOC(=O)[C@]12CCCN(Cc3ccc(C)o3)C[C@H]1CN(C(C)C)C2.O=C(O)C(F)(F)F.O=C(O)C(F)(F)F. The predicted molar refractivity (Wildman–Crippen MR) is 125 cm³/mol. The molecule has 2 fully saturated rings. The molecule has 2 aliphatic rings. The molecule has 1 aromatic heterocycles. The Morgan fingerprint density at radius 3 is 2.03 bits per heavy atom. The number of esters is 1. The number of hydrogen-bond acceptors (Lipinski definition) is 7. The topological polar surface area (TPSA) is 121 Å². The van der Waals surface area contributed by atoms with Gasteiger partial charge in [-0.3, -0.25) is 14.6 Å². The van der Waals surface area contributed by atoms with Crippen LogP contribution in [0.1, 0.15) is 45.1 Å². The van der Waals surface area contributed by atoms with E-state index in [0.717, 1.165) is 57.1 Å². The lowest BCUT2D eigenvalue weighted by molar-refractivity contribution is -0.193. The van der Waals surface area contributed by atoms with Crippen molar-refractivity contribution in [2.45, 2.75) is 65.5 Å². The van der Waals surface area contributed by atoms with Gasteiger partial charge in [-0.2, -0.15) is 26.3 Å². The fourth-order valence-corrected chi connectivity index (χ4v) is 4.49. The van der Waals surface area contributed by atoms with Crippen molar-refractivity contribution in [2.24, 2.45) is 11.3 Å². The lowest BCUT2D eigenvalue weighted by Gasteiger charge is -2.31. The number of carbonyl (C=O) groups excluding carboxylic acids is 1. The van der Waals surface area contributed by atoms with Crippen molar-refractivity contribution in [3.05, 3.63) is 23.7 Å². The van der Waals surface area contributed by atoms with Crippen LogP contribution in [-0.2, 0) is 25.7 Å². The standard InChI is InChI=1S/C20H32N2O3.2C2HF3O2/c1-5-24-19(23)20-9-6-10-21(13-18-8-7-16(4)25-18)11-17(20)12-22(14-20)15(2)3;2*3-2(4,5)1(6)7/h7-8,15,17H,5-6,9-14H2,1-4H3;2*(H,6,7)/t17-,20-;;/m0../s1. The van der Waals surface area contributed by atoms with Crippen molar-refractivity contribution < 1.29 is 60.1 Å². The quantitative estimate of drug-likeness (QED) is 0.390. The number of hydrogen-bond donors (Lipinski definition) is 2. The number of aryl methyl sites for hydroxylation is 1. The summed E-state index contributed by atoms with van der Waals surface area (Å²) in [5.41, 5.74) is -0.339. The third-order valence-corrected chi connectivity index (χ3v) is 6.37. The maximum atomic E-state index is 12.9. The molecule has 2 saturated heterocycles. The van der Waals surface area contributed by atoms with Crippen molar-refractivity contribution >= 4 is 17.9 Å². The fraction of sp³-hybridized carbons (Fsp3) is 0.708. The third kappa shape index (κ3) is 10.4. The molecule has 1 aromatic rings. The van der Waals surface area contributed by atoms with Crippen LogP contribution in [0.5, 0.6) is 0 Å². The van der Waals surface area contributed by atoms with Crippen molar-refractivity contribution in [1.82, 2.24) is 9.80 Å². The fourth-order valence-electron chi connectivity index (χ4n) is 4.49. The number of carbonyl (C=O) groups is 3. The predicted octanol–water partition coefficient (Wildman–Crippen LogP) is 4.34. The first-order chi connectivity index (χ1) is 17.8. The van der Waals surface area contributed by atoms with Crippen LogP contribution in [0, 0.1) is 18.3 Å². The van der Waals surface area contributed by atoms with Gasteiger partial charge in [-0.05, 0) is 59.2 Å². The molecule has 0 saturated carbocycles. The van der Waals surface area contributed by atoms with Gasteiger partial charge in [0.15, 0.2) is 0 Å². The number of rotatable bonds is 5. The molecular weight excluding hydrogens is 542 g/mol. The number of alkyl halides is 6. The van der Waals surface area contributed by atoms with Gasteiger partial charge in [-0.25, -0.2) is 9.59 Å². The van der Waals surface area contributed by atoms with E-state index in [1.54, 1.807) is 0 Å². The van der Waals surface area contributed by atoms with E-state index in [1.165, 1.54) is 0 Å². The van der Waals surface area contributed by atoms with E-state index in [2.05, 4.69) is 29.7 Å². The molecule has 2 N–H and O–H groups in total. The second-order valence-corrected chi connectivity index (χ2v) is 9.55. The highest BCUT2D eigenvalue weighted by atomic mass is 19.4. The summed E-state index contributed by atoms with van der Waals surface area (Å²) in [6, 6.07) is 4.54. The summed E-state index contributed by atoms with van der Waals surface area (Å²) in [6.07, 6.45) is -8.21. The molecule has 2 aliphatic heterocycles. The highest BCUT2D eigenvalue weighted by Crippen LogP contribution is 2.44. The number of halogens is 6. The van der Waals surface area contributed by atoms with Crippen LogP contribution < -0.4 is 0 Å². The van der Waals surface area contributed by atoms with E-state index in [0.29, 0.717) is 18.6 Å². The number of aliphatic carboxylic acids is 2. The second kappa shape index (κ2) is 14.0. The van der Waals surface area contributed by atoms with Gasteiger partial charge in [0.25, 0.3) is 0 Å². The van der Waals surface area contributed by atoms with Gasteiger partial charge in [-0.15, -0.1) is 0 Å². The minimum Gasteiger partial charge on any atom is -0.475 e. The Kier molecular flexibility index (Phi) is 12.3. The Labute approximate surface area is 221 Å². The van der Waals surface area contributed by atoms with Crippen molar-refractivity contribution in [3.63, 3.8) is 0 Å². The monoisotopic (exact) mass is 576 g/mol. The molecule has 0 aliphatic carbocycles. The molecule has 3 heterocycles. The largest absolute Gasteiger partial charge is 0.490 e. The van der Waals surface area contributed by atoms with E-state index in [1.807, 2.05) is 19.9 Å². The Morgan fingerprint density at radius 2 is 1.62 bits per heavy atom. The van der Waals surface area contributed by atoms with Crippen molar-refractivity contribution in [2.75, 3.05) is 32.8 Å². The van der Waals surface area contributed by atoms with Crippen LogP contribution in [0.2, 0.25) is 0 Å². The van der Waals surface area contributed by atoms with Gasteiger partial charge in [-0.1, -0.05) is 0 Å². The number of nitrogens with zero attached hydrogens (tertiary/aromatic N) is 2. The van der Waals surface area contributed by atoms with Gasteiger partial charge in [0, 0.05) is 31.6 Å². The molecule has 9 nitrogen and oxygen atoms in total. The number of furan rings is 1. The lowest BCUT2D eigenvalue weighted by atomic mass is 9.75. The minimum absolute atomic E-state index is 0.0128. The summed E-state index contributed by atoms with van der Waals surface area (Å²) in [5, 5.41) is 14.2. The molecule has 224 valence electrons. The Morgan fingerprint density at radius 1 is 1.08 bits per heavy atom. The normalized spacial score (nSPS) is 22.1. The highest BCUT2D eigenvalue weighted by molar-refractivity contribution is 5.78. The Bertz CT molecular complexity index is 940. The van der Waals surface area contributed by atoms with E-state index >= 15 is 0 Å². The third-order valence-electron chi connectivity index (χ3n) is 6.37. The van der Waals surface area contributed by atoms with Crippen molar-refractivity contribution in [3.8, 4) is 0 Å². The van der Waals surface area contributed by atoms with E-state index in [9.17, 15) is 31.1 Å². The lowest BCUT2D eigenvalue weighted by Crippen LogP contribution is -2.42. The van der Waals surface area contributed by atoms with Crippen LogP contribution >= 0.6 is 0 Å². The molecule has 0 amide bonds. The first-order valence-electron chi connectivity index (χ1n) is 12.1. The van der Waals surface area contributed by atoms with Gasteiger partial charge in [0.05, 0.1) is 18.6 Å². The molecule has 39 heavy (non-hydrogen) atoms. The molecular formula is C24H34F6N2O7. The van der Waals surface area contributed by atoms with Gasteiger partial charge in [0.2, 0.25) is 0 Å². The van der Waals surface area contributed by atoms with Gasteiger partial charge in [0.1, 0.15) is 11.5 Å². The molecule has 0 radical (unpaired) electrons. The highest BCUT2D eigenvalue weighted by Gasteiger charge is 2.54. The average molecular weight is 577 g/mol. The summed E-state index contributed by atoms with van der Waals surface area (Å²) < 4.78 is 74.8. The summed E-state index contributed by atoms with van der Waals surface area (Å²) in [6.45, 7) is 13.4. The first-order valence-corrected chi connectivity index (χ1v) is 12.1. The van der Waals surface area contributed by atoms with Crippen LogP contribution in [0.15, 0.2) is 16.5 Å². The number of fused-ring (bicyclic) bond motifs is 1. The first kappa shape index (κ1) is 34.2. The smallest absolute Gasteiger partial charge is 0.475 e. The second-order valence-electron chi connectivity index (χ2n) is 9.55. The van der Waals surface area contributed by atoms with Crippen LogP contribution in [0.3, 0.4) is 0 Å². The van der Waals surface area contributed by atoms with Crippen LogP contribution in [0.25, 0.3) is 0 Å². The number of carboxylic acid groups (broad SMARTS) is 2. The molecule has 3 rings (SSSR count). The molecule has 2 atom stereocenters. The van der Waals surface area contributed by atoms with Gasteiger partial charge >= 0.3 is 30.3 Å². The van der Waals surface area contributed by atoms with E-state index in [-0.39, 0.29) is 11.4 Å². The molecule has 15 heteroatoms. The van der Waals surface area contributed by atoms with Crippen molar-refractivity contribution in [1.29, 1.82) is 0 Å². The van der Waals surface area contributed by atoms with Crippen LogP contribution in [0.4, 0.5) is 26.3 Å². The summed E-state index contributed by atoms with van der Waals surface area (Å²) in [4.78, 5) is 35.6. The molecule has 0 unspecified atom stereocenters. The molecule has 0 bridgehead atoms. The number of ether oxygens (including phenoxy) is 1. The Balaban J connectivity index is 0.000000449. The zero-order valence-electron chi connectivity index (χ0n) is 22.1. The summed E-state index contributed by atoms with van der Waals surface area (Å²) in [5.74, 6) is -3.20. The summed E-state index contributed by atoms with van der Waals surface area (Å²) >= 11 is 0. The zero-order chi connectivity index (χ0) is 30.2. The zero-order valence-corrected chi connectivity index (χ0v) is 22.1. The molecule has 0 aromatic carbocycles. The average Bonchev–Trinajstić information content (AvgIpc) is 3.33. The minimum atomic E-state index is -5.08. The van der Waals surface area contributed by atoms with E-state index < -0.39 is 24.3 Å². The number of likely N-dealkylation sites (tertiary alicyclic amines) is 2. The number of carboxylic acids is 2. The van der Waals surface area contributed by atoms with Crippen LogP contribution in [-0.4, -0.2) is 89.1 Å². The summed E-state index contributed by atoms with van der Waals surface area (Å²) in [7, 11) is 0. The van der Waals surface area contributed by atoms with Gasteiger partial charge < -0.3 is 19.4 Å². The Hall–Kier alpha value is -2.81. The molecule has 0 spiro atoms. The van der Waals surface area contributed by atoms with E-state index in [4.69, 9.17) is 29.0 Å².